The molecule has 144 valence electrons. The number of rotatable bonds is 7. The molecule has 1 N–H and O–H groups in total. The van der Waals surface area contributed by atoms with Crippen molar-refractivity contribution >= 4 is 15.7 Å². The molecule has 1 aliphatic rings. The number of nitro groups is 1. The number of nitro benzene ring substituents is 1. The third kappa shape index (κ3) is 4.71. The molecule has 8 heteroatoms. The van der Waals surface area contributed by atoms with Crippen LogP contribution >= 0.6 is 0 Å². The van der Waals surface area contributed by atoms with Gasteiger partial charge in [-0.25, -0.2) is 13.1 Å². The van der Waals surface area contributed by atoms with Crippen molar-refractivity contribution in [2.75, 3.05) is 13.1 Å². The fraction of sp³-hybridized carbons (Fsp3) is 0.368. The van der Waals surface area contributed by atoms with Crippen LogP contribution < -0.4 is 4.72 Å². The number of likely N-dealkylation sites (tertiary alicyclic amines) is 1. The lowest BCUT2D eigenvalue weighted by Crippen LogP contribution is -2.25. The second kappa shape index (κ2) is 8.16. The van der Waals surface area contributed by atoms with Gasteiger partial charge in [0.25, 0.3) is 5.69 Å². The smallest absolute Gasteiger partial charge is 0.273 e. The van der Waals surface area contributed by atoms with Gasteiger partial charge in [0.2, 0.25) is 10.0 Å². The molecular weight excluding hydrogens is 366 g/mol. The molecule has 2 aromatic rings. The van der Waals surface area contributed by atoms with Crippen molar-refractivity contribution in [3.8, 4) is 0 Å². The average molecular weight is 389 g/mol. The molecule has 1 aliphatic heterocycles. The van der Waals surface area contributed by atoms with E-state index in [1.54, 1.807) is 6.92 Å². The van der Waals surface area contributed by atoms with Gasteiger partial charge in [-0.15, -0.1) is 0 Å². The fourth-order valence-electron chi connectivity index (χ4n) is 3.27. The number of benzene rings is 2. The van der Waals surface area contributed by atoms with Crippen molar-refractivity contribution in [1.29, 1.82) is 0 Å². The minimum Gasteiger partial charge on any atom is -0.299 e. The first kappa shape index (κ1) is 19.5. The lowest BCUT2D eigenvalue weighted by molar-refractivity contribution is -0.385. The summed E-state index contributed by atoms with van der Waals surface area (Å²) >= 11 is 0. The lowest BCUT2D eigenvalue weighted by Gasteiger charge is -2.17. The third-order valence-corrected chi connectivity index (χ3v) is 6.25. The molecule has 0 amide bonds. The van der Waals surface area contributed by atoms with E-state index in [-0.39, 0.29) is 17.1 Å². The standard InChI is InChI=1S/C19H23N3O4S/c1-15-8-9-18(12-19(15)22(23)24)27(25,26)20-13-16-6-2-3-7-17(16)14-21-10-4-5-11-21/h2-3,6-9,12,20H,4-5,10-11,13-14H2,1H3. The van der Waals surface area contributed by atoms with E-state index in [9.17, 15) is 18.5 Å². The summed E-state index contributed by atoms with van der Waals surface area (Å²) in [7, 11) is -3.84. The molecule has 0 unspecified atom stereocenters. The summed E-state index contributed by atoms with van der Waals surface area (Å²) in [5.41, 5.74) is 2.23. The van der Waals surface area contributed by atoms with Crippen molar-refractivity contribution in [2.24, 2.45) is 0 Å². The first-order valence-corrected chi connectivity index (χ1v) is 10.4. The van der Waals surface area contributed by atoms with Crippen molar-refractivity contribution < 1.29 is 13.3 Å². The van der Waals surface area contributed by atoms with Gasteiger partial charge >= 0.3 is 0 Å². The second-order valence-corrected chi connectivity index (χ2v) is 8.55. The Bertz CT molecular complexity index is 938. The van der Waals surface area contributed by atoms with Gasteiger partial charge in [-0.2, -0.15) is 0 Å². The maximum Gasteiger partial charge on any atom is 0.273 e. The zero-order chi connectivity index (χ0) is 19.4. The normalized spacial score (nSPS) is 15.1. The summed E-state index contributed by atoms with van der Waals surface area (Å²) in [6, 6.07) is 11.7. The van der Waals surface area contributed by atoms with Gasteiger partial charge in [0.05, 0.1) is 9.82 Å². The molecule has 0 atom stereocenters. The zero-order valence-electron chi connectivity index (χ0n) is 15.2. The molecule has 0 bridgehead atoms. The molecule has 1 heterocycles. The van der Waals surface area contributed by atoms with Crippen LogP contribution in [0.15, 0.2) is 47.4 Å². The van der Waals surface area contributed by atoms with Crippen molar-refractivity contribution in [3.63, 3.8) is 0 Å². The summed E-state index contributed by atoms with van der Waals surface area (Å²) in [6.07, 6.45) is 2.39. The maximum absolute atomic E-state index is 12.6. The highest BCUT2D eigenvalue weighted by Crippen LogP contribution is 2.22. The molecule has 0 aliphatic carbocycles. The van der Waals surface area contributed by atoms with Crippen molar-refractivity contribution in [1.82, 2.24) is 9.62 Å². The molecule has 0 aromatic heterocycles. The summed E-state index contributed by atoms with van der Waals surface area (Å²) in [5, 5.41) is 11.1. The topological polar surface area (TPSA) is 92.6 Å². The van der Waals surface area contributed by atoms with Gasteiger partial charge in [0, 0.05) is 24.7 Å². The largest absolute Gasteiger partial charge is 0.299 e. The average Bonchev–Trinajstić information content (AvgIpc) is 3.14. The van der Waals surface area contributed by atoms with Gasteiger partial charge in [-0.3, -0.25) is 15.0 Å². The molecule has 3 rings (SSSR count). The van der Waals surface area contributed by atoms with Crippen LogP contribution in [0, 0.1) is 17.0 Å². The van der Waals surface area contributed by atoms with Gasteiger partial charge in [0.1, 0.15) is 0 Å². The SMILES string of the molecule is Cc1ccc(S(=O)(=O)NCc2ccccc2CN2CCCC2)cc1[N+](=O)[O-]. The molecule has 27 heavy (non-hydrogen) atoms. The molecule has 2 aromatic carbocycles. The number of nitrogens with one attached hydrogen (secondary N) is 1. The summed E-state index contributed by atoms with van der Waals surface area (Å²) in [4.78, 5) is 12.8. The quantitative estimate of drug-likeness (QED) is 0.580. The highest BCUT2D eigenvalue weighted by molar-refractivity contribution is 7.89. The minimum atomic E-state index is -3.84. The van der Waals surface area contributed by atoms with Gasteiger partial charge in [0.15, 0.2) is 0 Å². The van der Waals surface area contributed by atoms with Crippen molar-refractivity contribution in [2.45, 2.75) is 37.8 Å². The predicted molar refractivity (Wildman–Crippen MR) is 103 cm³/mol. The summed E-state index contributed by atoms with van der Waals surface area (Å²) in [6.45, 7) is 4.65. The maximum atomic E-state index is 12.6. The van der Waals surface area contributed by atoms with Crippen LogP contribution in [0.4, 0.5) is 5.69 Å². The zero-order valence-corrected chi connectivity index (χ0v) is 16.0. The van der Waals surface area contributed by atoms with E-state index in [2.05, 4.69) is 9.62 Å². The van der Waals surface area contributed by atoms with Crippen LogP contribution in [0.2, 0.25) is 0 Å². The van der Waals surface area contributed by atoms with E-state index in [0.717, 1.165) is 36.8 Å². The number of nitrogens with zero attached hydrogens (tertiary/aromatic N) is 2. The molecule has 1 fully saturated rings. The highest BCUT2D eigenvalue weighted by Gasteiger charge is 2.20. The van der Waals surface area contributed by atoms with Crippen LogP contribution in [-0.2, 0) is 23.1 Å². The van der Waals surface area contributed by atoms with Gasteiger partial charge in [-0.05, 0) is 50.0 Å². The molecule has 1 saturated heterocycles. The predicted octanol–water partition coefficient (Wildman–Crippen LogP) is 2.98. The van der Waals surface area contributed by atoms with E-state index < -0.39 is 14.9 Å². The summed E-state index contributed by atoms with van der Waals surface area (Å²) < 4.78 is 27.8. The van der Waals surface area contributed by atoms with Crippen molar-refractivity contribution in [3.05, 3.63) is 69.3 Å². The molecule has 0 radical (unpaired) electrons. The Morgan fingerprint density at radius 3 is 2.44 bits per heavy atom. The van der Waals surface area contributed by atoms with Crippen LogP contribution in [0.5, 0.6) is 0 Å². The number of aryl methyl sites for hydroxylation is 1. The van der Waals surface area contributed by atoms with Crippen LogP contribution in [0.25, 0.3) is 0 Å². The van der Waals surface area contributed by atoms with Crippen LogP contribution in [0.1, 0.15) is 29.5 Å². The Balaban J connectivity index is 1.76. The number of hydrogen-bond acceptors (Lipinski definition) is 5. The lowest BCUT2D eigenvalue weighted by atomic mass is 10.1. The summed E-state index contributed by atoms with van der Waals surface area (Å²) in [5.74, 6) is 0. The van der Waals surface area contributed by atoms with Gasteiger partial charge < -0.3 is 0 Å². The van der Waals surface area contributed by atoms with E-state index in [1.807, 2.05) is 24.3 Å². The first-order valence-electron chi connectivity index (χ1n) is 8.91. The Morgan fingerprint density at radius 2 is 1.78 bits per heavy atom. The van der Waals surface area contributed by atoms with Crippen LogP contribution in [-0.4, -0.2) is 31.3 Å². The van der Waals surface area contributed by atoms with E-state index in [0.29, 0.717) is 5.56 Å². The molecular formula is C19H23N3O4S. The first-order chi connectivity index (χ1) is 12.9. The monoisotopic (exact) mass is 389 g/mol. The third-order valence-electron chi connectivity index (χ3n) is 4.85. The molecule has 7 nitrogen and oxygen atoms in total. The molecule has 0 spiro atoms. The fourth-order valence-corrected chi connectivity index (χ4v) is 4.30. The highest BCUT2D eigenvalue weighted by atomic mass is 32.2. The van der Waals surface area contributed by atoms with E-state index in [4.69, 9.17) is 0 Å². The Kier molecular flexibility index (Phi) is 5.88. The van der Waals surface area contributed by atoms with Gasteiger partial charge in [-0.1, -0.05) is 30.3 Å². The Morgan fingerprint density at radius 1 is 1.11 bits per heavy atom. The van der Waals surface area contributed by atoms with Crippen LogP contribution in [0.3, 0.4) is 0 Å². The second-order valence-electron chi connectivity index (χ2n) is 6.78. The Hall–Kier alpha value is -2.29. The van der Waals surface area contributed by atoms with E-state index in [1.165, 1.54) is 25.0 Å². The van der Waals surface area contributed by atoms with E-state index >= 15 is 0 Å². The minimum absolute atomic E-state index is 0.100. The number of hydrogen-bond donors (Lipinski definition) is 1. The number of sulfonamides is 1. The molecule has 0 saturated carbocycles. The Labute approximate surface area is 159 Å².